The number of hydrogen-bond acceptors (Lipinski definition) is 7. The first-order chi connectivity index (χ1) is 16.8. The third kappa shape index (κ3) is 5.12. The maximum absolute atomic E-state index is 13.1. The van der Waals surface area contributed by atoms with Crippen LogP contribution < -0.4 is 14.2 Å². The lowest BCUT2D eigenvalue weighted by atomic mass is 10.1. The highest BCUT2D eigenvalue weighted by Gasteiger charge is 2.64. The van der Waals surface area contributed by atoms with Crippen molar-refractivity contribution in [1.82, 2.24) is 19.5 Å². The molecule has 0 unspecified atom stereocenters. The summed E-state index contributed by atoms with van der Waals surface area (Å²) in [6, 6.07) is 8.33. The van der Waals surface area contributed by atoms with Gasteiger partial charge in [-0.05, 0) is 49.6 Å². The number of aromatic nitrogens is 3. The molecule has 1 aliphatic carbocycles. The van der Waals surface area contributed by atoms with Gasteiger partial charge in [-0.3, -0.25) is 4.79 Å². The molecule has 1 saturated carbocycles. The maximum atomic E-state index is 13.1. The van der Waals surface area contributed by atoms with Crippen molar-refractivity contribution in [3.05, 3.63) is 58.9 Å². The average molecular weight is 545 g/mol. The van der Waals surface area contributed by atoms with Crippen LogP contribution in [-0.2, 0) is 10.0 Å². The van der Waals surface area contributed by atoms with E-state index < -0.39 is 34.1 Å². The minimum atomic E-state index is -4.35. The summed E-state index contributed by atoms with van der Waals surface area (Å²) in [5, 5.41) is 3.71. The van der Waals surface area contributed by atoms with Crippen LogP contribution in [-0.4, -0.2) is 49.0 Å². The molecule has 0 radical (unpaired) electrons. The third-order valence-corrected chi connectivity index (χ3v) is 7.32. The fourth-order valence-corrected chi connectivity index (χ4v) is 4.69. The van der Waals surface area contributed by atoms with Gasteiger partial charge in [0.25, 0.3) is 15.9 Å². The Balaban J connectivity index is 1.47. The maximum Gasteiger partial charge on any atom is 0.397 e. The van der Waals surface area contributed by atoms with Gasteiger partial charge in [0.1, 0.15) is 27.8 Å². The van der Waals surface area contributed by atoms with Crippen molar-refractivity contribution in [2.24, 2.45) is 5.41 Å². The van der Waals surface area contributed by atoms with Gasteiger partial charge in [-0.15, -0.1) is 5.10 Å². The molecule has 0 aliphatic heterocycles. The highest BCUT2D eigenvalue weighted by atomic mass is 35.5. The van der Waals surface area contributed by atoms with Crippen LogP contribution in [0.15, 0.2) is 47.5 Å². The molecule has 1 N–H and O–H groups in total. The minimum absolute atomic E-state index is 0.00428. The lowest BCUT2D eigenvalue weighted by Crippen LogP contribution is -2.31. The number of nitrogens with one attached hydrogen (secondary N) is 1. The number of halogens is 4. The van der Waals surface area contributed by atoms with Gasteiger partial charge in [0.2, 0.25) is 5.88 Å². The Morgan fingerprint density at radius 1 is 1.22 bits per heavy atom. The zero-order chi connectivity index (χ0) is 26.3. The van der Waals surface area contributed by atoms with Gasteiger partial charge < -0.3 is 9.47 Å². The standard InChI is InChI=1S/C22H20ClF3N4O5S/c1-13-3-5-16(15(11-13)34-2)36(32,33)29-20(31)14-4-6-17(27-19(14)23)30-10-7-18(28-30)35-12-21(8-9-21)22(24,25)26/h3-7,10-11H,8-9,12H2,1-2H3,(H,29,31). The monoisotopic (exact) mass is 544 g/mol. The summed E-state index contributed by atoms with van der Waals surface area (Å²) < 4.78 is 78.1. The van der Waals surface area contributed by atoms with E-state index in [0.29, 0.717) is 0 Å². The Hall–Kier alpha value is -3.32. The molecule has 192 valence electrons. The van der Waals surface area contributed by atoms with E-state index in [9.17, 15) is 26.4 Å². The number of amides is 1. The number of benzene rings is 1. The van der Waals surface area contributed by atoms with Gasteiger partial charge in [0, 0.05) is 12.3 Å². The Bertz CT molecular complexity index is 1420. The molecule has 1 fully saturated rings. The van der Waals surface area contributed by atoms with Crippen LogP contribution in [0, 0.1) is 12.3 Å². The number of carbonyl (C=O) groups excluding carboxylic acids is 1. The van der Waals surface area contributed by atoms with E-state index in [0.717, 1.165) is 5.56 Å². The van der Waals surface area contributed by atoms with E-state index in [4.69, 9.17) is 21.1 Å². The third-order valence-electron chi connectivity index (χ3n) is 5.66. The van der Waals surface area contributed by atoms with Crippen LogP contribution in [0.1, 0.15) is 28.8 Å². The van der Waals surface area contributed by atoms with Crippen molar-refractivity contribution >= 4 is 27.5 Å². The molecule has 0 bridgehead atoms. The second kappa shape index (κ2) is 9.28. The number of nitrogens with zero attached hydrogens (tertiary/aromatic N) is 3. The van der Waals surface area contributed by atoms with Crippen molar-refractivity contribution in [2.75, 3.05) is 13.7 Å². The Labute approximate surface area is 209 Å². The number of alkyl halides is 3. The summed E-state index contributed by atoms with van der Waals surface area (Å²) in [4.78, 5) is 16.5. The van der Waals surface area contributed by atoms with Crippen LogP contribution in [0.5, 0.6) is 11.6 Å². The first-order valence-electron chi connectivity index (χ1n) is 10.5. The van der Waals surface area contributed by atoms with Gasteiger partial charge in [-0.1, -0.05) is 17.7 Å². The number of hydrogen-bond donors (Lipinski definition) is 1. The fourth-order valence-electron chi connectivity index (χ4n) is 3.33. The van der Waals surface area contributed by atoms with Crippen LogP contribution in [0.25, 0.3) is 5.82 Å². The molecule has 3 aromatic rings. The predicted molar refractivity (Wildman–Crippen MR) is 122 cm³/mol. The highest BCUT2D eigenvalue weighted by Crippen LogP contribution is 2.57. The zero-order valence-corrected chi connectivity index (χ0v) is 20.5. The molecule has 4 rings (SSSR count). The number of carbonyl (C=O) groups is 1. The second-order valence-electron chi connectivity index (χ2n) is 8.26. The molecule has 36 heavy (non-hydrogen) atoms. The first kappa shape index (κ1) is 25.8. The zero-order valence-electron chi connectivity index (χ0n) is 19.0. The van der Waals surface area contributed by atoms with E-state index >= 15 is 0 Å². The molecule has 14 heteroatoms. The molecular formula is C22H20ClF3N4O5S. The van der Waals surface area contributed by atoms with Gasteiger partial charge in [0.05, 0.1) is 12.7 Å². The highest BCUT2D eigenvalue weighted by molar-refractivity contribution is 7.90. The normalized spacial score (nSPS) is 14.8. The van der Waals surface area contributed by atoms with Crippen molar-refractivity contribution in [2.45, 2.75) is 30.8 Å². The summed E-state index contributed by atoms with van der Waals surface area (Å²) in [5.74, 6) is -0.864. The van der Waals surface area contributed by atoms with Crippen molar-refractivity contribution in [3.8, 4) is 17.4 Å². The van der Waals surface area contributed by atoms with Gasteiger partial charge in [0.15, 0.2) is 5.82 Å². The van der Waals surface area contributed by atoms with Crippen LogP contribution in [0.2, 0.25) is 5.15 Å². The smallest absolute Gasteiger partial charge is 0.397 e. The fraction of sp³-hybridized carbons (Fsp3) is 0.318. The topological polar surface area (TPSA) is 112 Å². The Kier molecular flexibility index (Phi) is 6.64. The average Bonchev–Trinajstić information content (AvgIpc) is 3.47. The molecule has 0 spiro atoms. The summed E-state index contributed by atoms with van der Waals surface area (Å²) in [7, 11) is -2.99. The van der Waals surface area contributed by atoms with Gasteiger partial charge in [-0.25, -0.2) is 22.8 Å². The number of methoxy groups -OCH3 is 1. The van der Waals surface area contributed by atoms with Crippen LogP contribution >= 0.6 is 11.6 Å². The largest absolute Gasteiger partial charge is 0.495 e. The van der Waals surface area contributed by atoms with Crippen LogP contribution in [0.3, 0.4) is 0 Å². The summed E-state index contributed by atoms with van der Waals surface area (Å²) >= 11 is 6.13. The van der Waals surface area contributed by atoms with E-state index in [1.54, 1.807) is 13.0 Å². The number of pyridine rings is 1. The van der Waals surface area contributed by atoms with E-state index in [-0.39, 0.29) is 45.9 Å². The SMILES string of the molecule is COc1cc(C)ccc1S(=O)(=O)NC(=O)c1ccc(-n2ccc(OCC3(C(F)(F)F)CC3)n2)nc1Cl. The van der Waals surface area contributed by atoms with E-state index in [1.807, 2.05) is 4.72 Å². The molecule has 0 atom stereocenters. The predicted octanol–water partition coefficient (Wildman–Crippen LogP) is 4.08. The second-order valence-corrected chi connectivity index (χ2v) is 10.3. The minimum Gasteiger partial charge on any atom is -0.495 e. The molecule has 1 aromatic carbocycles. The molecule has 9 nitrogen and oxygen atoms in total. The molecule has 1 amide bonds. The molecule has 0 saturated heterocycles. The van der Waals surface area contributed by atoms with Gasteiger partial charge in [-0.2, -0.15) is 13.2 Å². The molecule has 2 aromatic heterocycles. The lowest BCUT2D eigenvalue weighted by molar-refractivity contribution is -0.194. The number of ether oxygens (including phenoxy) is 2. The quantitative estimate of drug-likeness (QED) is 0.425. The van der Waals surface area contributed by atoms with Gasteiger partial charge >= 0.3 is 6.18 Å². The summed E-state index contributed by atoms with van der Waals surface area (Å²) in [5.41, 5.74) is -1.30. The van der Waals surface area contributed by atoms with E-state index in [2.05, 4.69) is 10.1 Å². The summed E-state index contributed by atoms with van der Waals surface area (Å²) in [6.07, 6.45) is -2.94. The van der Waals surface area contributed by atoms with E-state index in [1.165, 1.54) is 48.3 Å². The Morgan fingerprint density at radius 3 is 2.56 bits per heavy atom. The van der Waals surface area contributed by atoms with Crippen LogP contribution in [0.4, 0.5) is 13.2 Å². The molecular weight excluding hydrogens is 525 g/mol. The number of sulfonamides is 1. The van der Waals surface area contributed by atoms with Crippen molar-refractivity contribution in [1.29, 1.82) is 0 Å². The van der Waals surface area contributed by atoms with Crippen molar-refractivity contribution in [3.63, 3.8) is 0 Å². The number of aryl methyl sites for hydroxylation is 1. The molecule has 2 heterocycles. The Morgan fingerprint density at radius 2 is 1.94 bits per heavy atom. The molecule has 1 aliphatic rings. The van der Waals surface area contributed by atoms with Crippen molar-refractivity contribution < 1.29 is 35.9 Å². The lowest BCUT2D eigenvalue weighted by Gasteiger charge is -2.18. The number of rotatable bonds is 8. The first-order valence-corrected chi connectivity index (χ1v) is 12.4. The summed E-state index contributed by atoms with van der Waals surface area (Å²) in [6.45, 7) is 1.21.